The van der Waals surface area contributed by atoms with Crippen LogP contribution in [0.15, 0.2) is 42.5 Å². The number of benzene rings is 1. The van der Waals surface area contributed by atoms with Gasteiger partial charge in [-0.2, -0.15) is 0 Å². The van der Waals surface area contributed by atoms with Gasteiger partial charge in [0.05, 0.1) is 30.9 Å². The molecule has 0 N–H and O–H groups in total. The number of nitrogens with zero attached hydrogens (tertiary/aromatic N) is 3. The highest BCUT2D eigenvalue weighted by atomic mass is 32.1. The highest BCUT2D eigenvalue weighted by Gasteiger charge is 2.30. The monoisotopic (exact) mass is 503 g/mol. The number of pyridine rings is 1. The molecule has 2 fully saturated rings. The van der Waals surface area contributed by atoms with Crippen molar-refractivity contribution < 1.29 is 19.1 Å². The van der Waals surface area contributed by atoms with Crippen molar-refractivity contribution in [2.45, 2.75) is 25.7 Å². The fourth-order valence-electron chi connectivity index (χ4n) is 4.98. The third kappa shape index (κ3) is 4.40. The van der Waals surface area contributed by atoms with Gasteiger partial charge in [0, 0.05) is 36.5 Å². The van der Waals surface area contributed by atoms with Crippen LogP contribution in [0.25, 0.3) is 10.4 Å². The number of carbonyl (C=O) groups is 2. The molecule has 1 amide bonds. The van der Waals surface area contributed by atoms with Gasteiger partial charge in [-0.1, -0.05) is 18.2 Å². The zero-order valence-corrected chi connectivity index (χ0v) is 21.2. The van der Waals surface area contributed by atoms with Crippen molar-refractivity contribution in [3.63, 3.8) is 0 Å². The standard InChI is InChI=1S/C28H29N3O4S/c1-34-24-9-8-21(29-27(24)30-12-14-35-15-13-30)28(33)31-11-10-19-17-25(23(32)16-18-6-7-18)36-26(19)20-4-2-3-5-22(20)31/h2-5,8-9,17-18H,6-7,10-16H2,1H3. The molecule has 186 valence electrons. The van der Waals surface area contributed by atoms with E-state index in [9.17, 15) is 9.59 Å². The fraction of sp³-hybridized carbons (Fsp3) is 0.393. The van der Waals surface area contributed by atoms with E-state index in [4.69, 9.17) is 14.5 Å². The van der Waals surface area contributed by atoms with Gasteiger partial charge in [0.2, 0.25) is 0 Å². The number of methoxy groups -OCH3 is 1. The van der Waals surface area contributed by atoms with Crippen LogP contribution in [-0.4, -0.2) is 56.6 Å². The molecular formula is C28H29N3O4S. The summed E-state index contributed by atoms with van der Waals surface area (Å²) in [6.07, 6.45) is 3.68. The van der Waals surface area contributed by atoms with Crippen molar-refractivity contribution in [1.29, 1.82) is 0 Å². The summed E-state index contributed by atoms with van der Waals surface area (Å²) in [5.41, 5.74) is 3.38. The van der Waals surface area contributed by atoms with E-state index in [1.54, 1.807) is 24.5 Å². The number of aromatic nitrogens is 1. The minimum atomic E-state index is -0.139. The second-order valence-corrected chi connectivity index (χ2v) is 10.6. The Bertz CT molecular complexity index is 1310. The molecule has 0 atom stereocenters. The van der Waals surface area contributed by atoms with Gasteiger partial charge in [0.25, 0.3) is 5.91 Å². The Morgan fingerprint density at radius 2 is 1.92 bits per heavy atom. The molecule has 0 radical (unpaired) electrons. The molecule has 0 unspecified atom stereocenters. The van der Waals surface area contributed by atoms with Gasteiger partial charge in [-0.05, 0) is 55.0 Å². The third-order valence-electron chi connectivity index (χ3n) is 7.13. The average molecular weight is 504 g/mol. The van der Waals surface area contributed by atoms with Gasteiger partial charge in [0.1, 0.15) is 5.69 Å². The van der Waals surface area contributed by atoms with E-state index in [0.29, 0.717) is 68.9 Å². The number of ketones is 1. The second kappa shape index (κ2) is 9.67. The summed E-state index contributed by atoms with van der Waals surface area (Å²) < 4.78 is 11.0. The lowest BCUT2D eigenvalue weighted by Crippen LogP contribution is -2.38. The molecule has 2 aromatic heterocycles. The van der Waals surface area contributed by atoms with Crippen LogP contribution in [0.4, 0.5) is 11.5 Å². The molecule has 3 aliphatic rings. The minimum absolute atomic E-state index is 0.139. The maximum atomic E-state index is 13.9. The van der Waals surface area contributed by atoms with Crippen molar-refractivity contribution in [3.05, 3.63) is 58.6 Å². The molecule has 0 spiro atoms. The van der Waals surface area contributed by atoms with E-state index in [1.807, 2.05) is 35.2 Å². The van der Waals surface area contributed by atoms with E-state index in [2.05, 4.69) is 11.0 Å². The number of hydrogen-bond acceptors (Lipinski definition) is 7. The molecule has 3 aromatic rings. The number of anilines is 2. The lowest BCUT2D eigenvalue weighted by Gasteiger charge is -2.29. The van der Waals surface area contributed by atoms with Crippen LogP contribution in [0, 0.1) is 5.92 Å². The number of ether oxygens (including phenoxy) is 2. The molecule has 1 aliphatic carbocycles. The minimum Gasteiger partial charge on any atom is -0.493 e. The number of Topliss-reactive ketones (excluding diaryl/α,β-unsaturated/α-hetero) is 1. The number of hydrogen-bond donors (Lipinski definition) is 0. The van der Waals surface area contributed by atoms with Gasteiger partial charge in [-0.25, -0.2) is 4.98 Å². The number of carbonyl (C=O) groups excluding carboxylic acids is 2. The van der Waals surface area contributed by atoms with E-state index < -0.39 is 0 Å². The van der Waals surface area contributed by atoms with Crippen LogP contribution < -0.4 is 14.5 Å². The smallest absolute Gasteiger partial charge is 0.276 e. The zero-order valence-electron chi connectivity index (χ0n) is 20.4. The van der Waals surface area contributed by atoms with Crippen LogP contribution in [-0.2, 0) is 11.2 Å². The number of para-hydroxylation sites is 1. The number of amides is 1. The molecule has 36 heavy (non-hydrogen) atoms. The molecule has 8 heteroatoms. The summed E-state index contributed by atoms with van der Waals surface area (Å²) in [6.45, 7) is 3.17. The van der Waals surface area contributed by atoms with E-state index >= 15 is 0 Å². The Balaban J connectivity index is 1.33. The van der Waals surface area contributed by atoms with Gasteiger partial charge in [0.15, 0.2) is 17.4 Å². The molecule has 6 rings (SSSR count). The summed E-state index contributed by atoms with van der Waals surface area (Å²) in [5.74, 6) is 2.00. The maximum Gasteiger partial charge on any atom is 0.276 e. The lowest BCUT2D eigenvalue weighted by molar-refractivity contribution is 0.0972. The zero-order chi connectivity index (χ0) is 24.6. The molecule has 4 heterocycles. The largest absolute Gasteiger partial charge is 0.493 e. The topological polar surface area (TPSA) is 72.0 Å². The first kappa shape index (κ1) is 23.2. The van der Waals surface area contributed by atoms with Gasteiger partial charge in [-0.3, -0.25) is 9.59 Å². The summed E-state index contributed by atoms with van der Waals surface area (Å²) in [5, 5.41) is 0. The number of morpholine rings is 1. The van der Waals surface area contributed by atoms with E-state index in [-0.39, 0.29) is 11.7 Å². The molecule has 7 nitrogen and oxygen atoms in total. The first-order chi connectivity index (χ1) is 17.6. The average Bonchev–Trinajstić information content (AvgIpc) is 3.67. The van der Waals surface area contributed by atoms with Crippen molar-refractivity contribution >= 4 is 34.5 Å². The first-order valence-corrected chi connectivity index (χ1v) is 13.4. The summed E-state index contributed by atoms with van der Waals surface area (Å²) >= 11 is 1.57. The van der Waals surface area contributed by atoms with E-state index in [0.717, 1.165) is 26.6 Å². The molecule has 1 aromatic carbocycles. The highest BCUT2D eigenvalue weighted by molar-refractivity contribution is 7.17. The van der Waals surface area contributed by atoms with Crippen LogP contribution in [0.3, 0.4) is 0 Å². The number of rotatable bonds is 6. The molecular weight excluding hydrogens is 474 g/mol. The fourth-order valence-corrected chi connectivity index (χ4v) is 6.18. The normalized spacial score (nSPS) is 17.2. The number of fused-ring (bicyclic) bond motifs is 3. The van der Waals surface area contributed by atoms with Crippen molar-refractivity contribution in [2.24, 2.45) is 5.92 Å². The highest BCUT2D eigenvalue weighted by Crippen LogP contribution is 2.43. The molecule has 0 bridgehead atoms. The maximum absolute atomic E-state index is 13.9. The Morgan fingerprint density at radius 3 is 2.69 bits per heavy atom. The first-order valence-electron chi connectivity index (χ1n) is 12.6. The third-order valence-corrected chi connectivity index (χ3v) is 8.38. The van der Waals surface area contributed by atoms with Crippen LogP contribution >= 0.6 is 11.3 Å². The summed E-state index contributed by atoms with van der Waals surface area (Å²) in [6, 6.07) is 13.6. The second-order valence-electron chi connectivity index (χ2n) is 9.58. The van der Waals surface area contributed by atoms with Crippen LogP contribution in [0.5, 0.6) is 5.75 Å². The Morgan fingerprint density at radius 1 is 1.11 bits per heavy atom. The summed E-state index contributed by atoms with van der Waals surface area (Å²) in [4.78, 5) is 37.3. The predicted molar refractivity (Wildman–Crippen MR) is 141 cm³/mol. The Labute approximate surface area is 214 Å². The van der Waals surface area contributed by atoms with Crippen molar-refractivity contribution in [1.82, 2.24) is 4.98 Å². The quantitative estimate of drug-likeness (QED) is 0.448. The van der Waals surface area contributed by atoms with Gasteiger partial charge < -0.3 is 19.3 Å². The Kier molecular flexibility index (Phi) is 6.23. The predicted octanol–water partition coefficient (Wildman–Crippen LogP) is 4.84. The SMILES string of the molecule is COc1ccc(C(=O)N2CCc3cc(C(=O)CC4CC4)sc3-c3ccccc32)nc1N1CCOCC1. The van der Waals surface area contributed by atoms with Crippen molar-refractivity contribution in [3.8, 4) is 16.2 Å². The summed E-state index contributed by atoms with van der Waals surface area (Å²) in [7, 11) is 1.62. The van der Waals surface area contributed by atoms with Gasteiger partial charge >= 0.3 is 0 Å². The Hall–Kier alpha value is -3.23. The molecule has 2 aliphatic heterocycles. The molecule has 1 saturated heterocycles. The van der Waals surface area contributed by atoms with E-state index in [1.165, 1.54) is 12.8 Å². The van der Waals surface area contributed by atoms with Crippen LogP contribution in [0.1, 0.15) is 45.0 Å². The number of thiophene rings is 1. The van der Waals surface area contributed by atoms with Gasteiger partial charge in [-0.15, -0.1) is 11.3 Å². The van der Waals surface area contributed by atoms with Crippen molar-refractivity contribution in [2.75, 3.05) is 49.8 Å². The lowest BCUT2D eigenvalue weighted by atomic mass is 10.1. The molecule has 1 saturated carbocycles. The van der Waals surface area contributed by atoms with Crippen LogP contribution in [0.2, 0.25) is 0 Å².